The van der Waals surface area contributed by atoms with Gasteiger partial charge in [-0.05, 0) is 0 Å². The predicted molar refractivity (Wildman–Crippen MR) is 102 cm³/mol. The Hall–Kier alpha value is 1.51. The van der Waals surface area contributed by atoms with Crippen LogP contribution in [0.1, 0.15) is 0 Å². The molecule has 1 aromatic rings. The number of hydrogen-bond donors (Lipinski definition) is 0. The molecular formula is C11H6OS6Se2. The molecule has 3 aliphatic heterocycles. The van der Waals surface area contributed by atoms with Crippen molar-refractivity contribution >= 4 is 107 Å². The Morgan fingerprint density at radius 3 is 2.25 bits per heavy atom. The molecule has 1 nitrogen and oxygen atoms in total. The average molecular weight is 504 g/mol. The normalized spacial score (nSPS) is 22.0. The van der Waals surface area contributed by atoms with Crippen LogP contribution < -0.4 is 13.1 Å². The van der Waals surface area contributed by atoms with Crippen LogP contribution in [0, 0.1) is 0 Å². The summed E-state index contributed by atoms with van der Waals surface area (Å²) in [7, 11) is 0. The fourth-order valence-corrected chi connectivity index (χ4v) is 19.1. The van der Waals surface area contributed by atoms with Crippen LogP contribution in [0.2, 0.25) is 0 Å². The summed E-state index contributed by atoms with van der Waals surface area (Å²) in [6.07, 6.45) is 0. The molecule has 20 heavy (non-hydrogen) atoms. The topological polar surface area (TPSA) is 17.1 Å². The molecule has 0 N–H and O–H groups in total. The summed E-state index contributed by atoms with van der Waals surface area (Å²) in [4.78, 5) is 12.2. The number of rotatable bonds is 0. The molecule has 9 heteroatoms. The van der Waals surface area contributed by atoms with Gasteiger partial charge in [0.2, 0.25) is 0 Å². The summed E-state index contributed by atoms with van der Waals surface area (Å²) in [5.41, 5.74) is 0. The van der Waals surface area contributed by atoms with Gasteiger partial charge in [0.1, 0.15) is 0 Å². The second-order valence-corrected chi connectivity index (χ2v) is 17.0. The van der Waals surface area contributed by atoms with Crippen LogP contribution in [0.25, 0.3) is 7.61 Å². The van der Waals surface area contributed by atoms with E-state index in [-0.39, 0.29) is 4.74 Å². The average Bonchev–Trinajstić information content (AvgIpc) is 3.16. The van der Waals surface area contributed by atoms with Crippen molar-refractivity contribution in [3.63, 3.8) is 0 Å². The van der Waals surface area contributed by atoms with E-state index in [9.17, 15) is 4.79 Å². The van der Waals surface area contributed by atoms with E-state index in [2.05, 4.69) is 34.3 Å². The summed E-state index contributed by atoms with van der Waals surface area (Å²) < 4.78 is 8.59. The molecule has 3 aliphatic rings. The third kappa shape index (κ3) is 2.96. The molecule has 0 atom stereocenters. The molecule has 104 valence electrons. The van der Waals surface area contributed by atoms with Gasteiger partial charge in [-0.15, -0.1) is 0 Å². The zero-order valence-electron chi connectivity index (χ0n) is 9.74. The Balaban J connectivity index is 1.78. The van der Waals surface area contributed by atoms with Crippen molar-refractivity contribution in [2.75, 3.05) is 11.5 Å². The Morgan fingerprint density at radius 1 is 0.950 bits per heavy atom. The van der Waals surface area contributed by atoms with Crippen LogP contribution in [-0.2, 0) is 0 Å². The van der Waals surface area contributed by atoms with Crippen LogP contribution in [-0.4, -0.2) is 41.4 Å². The summed E-state index contributed by atoms with van der Waals surface area (Å²) in [5.74, 6) is 2.52. The molecule has 0 saturated carbocycles. The second kappa shape index (κ2) is 6.55. The van der Waals surface area contributed by atoms with Crippen LogP contribution >= 0.6 is 69.7 Å². The number of hydrogen-bond acceptors (Lipinski definition) is 7. The molecule has 0 bridgehead atoms. The first-order valence-corrected chi connectivity index (χ1v) is 14.3. The van der Waals surface area contributed by atoms with Gasteiger partial charge >= 0.3 is 155 Å². The van der Waals surface area contributed by atoms with Crippen molar-refractivity contribution in [1.82, 2.24) is 0 Å². The SMILES string of the molecule is O=c1sc(=C2[Se]C3=C(SCCS3)[Se]2)sc1=C1SC=CS1. The van der Waals surface area contributed by atoms with Gasteiger partial charge in [-0.3, -0.25) is 0 Å². The summed E-state index contributed by atoms with van der Waals surface area (Å²) >= 11 is 11.7. The fourth-order valence-electron chi connectivity index (χ4n) is 1.61. The van der Waals surface area contributed by atoms with Gasteiger partial charge in [0.25, 0.3) is 0 Å². The van der Waals surface area contributed by atoms with Gasteiger partial charge in [0.05, 0.1) is 0 Å². The first-order chi connectivity index (χ1) is 9.81. The van der Waals surface area contributed by atoms with Gasteiger partial charge in [-0.2, -0.15) is 0 Å². The standard InChI is InChI=1S/C11H6OS6Se2/c12-6-5(7-13-1-2-14-7)17-8(18-6)11-19-9-10(20-11)16-4-3-15-9/h1-2H,3-4H2. The van der Waals surface area contributed by atoms with Crippen molar-refractivity contribution in [3.8, 4) is 0 Å². The van der Waals surface area contributed by atoms with E-state index in [0.29, 0.717) is 29.9 Å². The minimum absolute atomic E-state index is 0.257. The van der Waals surface area contributed by atoms with E-state index in [0.717, 1.165) is 4.53 Å². The quantitative estimate of drug-likeness (QED) is 0.503. The van der Waals surface area contributed by atoms with Crippen molar-refractivity contribution < 1.29 is 0 Å². The summed E-state index contributed by atoms with van der Waals surface area (Å²) in [5, 5.41) is 4.13. The molecule has 0 amide bonds. The second-order valence-electron chi connectivity index (χ2n) is 3.67. The van der Waals surface area contributed by atoms with Crippen LogP contribution in [0.3, 0.4) is 0 Å². The molecule has 0 radical (unpaired) electrons. The van der Waals surface area contributed by atoms with Crippen LogP contribution in [0.15, 0.2) is 23.2 Å². The monoisotopic (exact) mass is 506 g/mol. The zero-order valence-corrected chi connectivity index (χ0v) is 18.1. The molecule has 4 heterocycles. The molecule has 0 unspecified atom stereocenters. The summed E-state index contributed by atoms with van der Waals surface area (Å²) in [6.45, 7) is 0. The van der Waals surface area contributed by atoms with Gasteiger partial charge in [-0.1, -0.05) is 0 Å². The van der Waals surface area contributed by atoms with Gasteiger partial charge < -0.3 is 0 Å². The predicted octanol–water partition coefficient (Wildman–Crippen LogP) is 2.28. The van der Waals surface area contributed by atoms with Crippen molar-refractivity contribution in [1.29, 1.82) is 0 Å². The minimum atomic E-state index is 0.257. The third-order valence-corrected chi connectivity index (χ3v) is 19.2. The van der Waals surface area contributed by atoms with Gasteiger partial charge in [0.15, 0.2) is 0 Å². The maximum absolute atomic E-state index is 12.2. The molecule has 4 rings (SSSR count). The Kier molecular flexibility index (Phi) is 4.94. The fraction of sp³-hybridized carbons (Fsp3) is 0.182. The zero-order chi connectivity index (χ0) is 13.5. The molecule has 0 fully saturated rings. The van der Waals surface area contributed by atoms with Crippen LogP contribution in [0.4, 0.5) is 0 Å². The van der Waals surface area contributed by atoms with E-state index in [4.69, 9.17) is 0 Å². The van der Waals surface area contributed by atoms with Crippen molar-refractivity contribution in [3.05, 3.63) is 36.3 Å². The molecule has 0 aliphatic carbocycles. The molecule has 1 aromatic heterocycles. The molecule has 0 aromatic carbocycles. The Morgan fingerprint density at radius 2 is 1.60 bits per heavy atom. The Labute approximate surface area is 153 Å². The molecule has 0 spiro atoms. The van der Waals surface area contributed by atoms with Crippen LogP contribution in [0.5, 0.6) is 0 Å². The van der Waals surface area contributed by atoms with E-state index >= 15 is 0 Å². The van der Waals surface area contributed by atoms with E-state index in [1.807, 2.05) is 0 Å². The van der Waals surface area contributed by atoms with E-state index < -0.39 is 0 Å². The first kappa shape index (κ1) is 15.1. The summed E-state index contributed by atoms with van der Waals surface area (Å²) in [6, 6.07) is 0. The number of thioether (sulfide) groups is 4. The molecule has 0 saturated heterocycles. The van der Waals surface area contributed by atoms with E-state index in [1.54, 1.807) is 45.8 Å². The Bertz CT molecular complexity index is 772. The van der Waals surface area contributed by atoms with Crippen molar-refractivity contribution in [2.24, 2.45) is 0 Å². The van der Waals surface area contributed by atoms with Gasteiger partial charge in [-0.25, -0.2) is 0 Å². The molecular weight excluding hydrogens is 498 g/mol. The van der Waals surface area contributed by atoms with Crippen molar-refractivity contribution in [2.45, 2.75) is 0 Å². The van der Waals surface area contributed by atoms with E-state index in [1.165, 1.54) is 30.9 Å². The maximum atomic E-state index is 12.2. The van der Waals surface area contributed by atoms with Gasteiger partial charge in [0, 0.05) is 0 Å². The first-order valence-electron chi connectivity index (χ1n) is 5.54. The third-order valence-electron chi connectivity index (χ3n) is 2.41.